The molecule has 2 rings (SSSR count). The van der Waals surface area contributed by atoms with Crippen molar-refractivity contribution >= 4 is 12.0 Å². The number of hydrogen-bond acceptors (Lipinski definition) is 2. The summed E-state index contributed by atoms with van der Waals surface area (Å²) in [4.78, 5) is 23.7. The van der Waals surface area contributed by atoms with Gasteiger partial charge in [0.05, 0.1) is 6.42 Å². The molecule has 0 spiro atoms. The van der Waals surface area contributed by atoms with Gasteiger partial charge in [-0.05, 0) is 18.8 Å². The van der Waals surface area contributed by atoms with E-state index in [0.717, 1.165) is 12.8 Å². The van der Waals surface area contributed by atoms with Gasteiger partial charge in [0.1, 0.15) is 0 Å². The lowest BCUT2D eigenvalue weighted by Gasteiger charge is -2.25. The largest absolute Gasteiger partial charge is 0.481 e. The van der Waals surface area contributed by atoms with Crippen molar-refractivity contribution in [2.24, 2.45) is 5.92 Å². The molecule has 14 heavy (non-hydrogen) atoms. The molecule has 2 amide bonds. The summed E-state index contributed by atoms with van der Waals surface area (Å²) in [7, 11) is 0. The van der Waals surface area contributed by atoms with Crippen LogP contribution in [0.5, 0.6) is 0 Å². The highest BCUT2D eigenvalue weighted by Crippen LogP contribution is 2.37. The summed E-state index contributed by atoms with van der Waals surface area (Å²) >= 11 is 0. The third-order valence-electron chi connectivity index (χ3n) is 2.84. The molecule has 0 aromatic heterocycles. The number of carboxylic acid groups (broad SMARTS) is 1. The van der Waals surface area contributed by atoms with Gasteiger partial charge in [0, 0.05) is 19.1 Å². The van der Waals surface area contributed by atoms with Crippen molar-refractivity contribution in [1.82, 2.24) is 10.2 Å². The molecule has 0 radical (unpaired) electrons. The Labute approximate surface area is 82.1 Å². The lowest BCUT2D eigenvalue weighted by Crippen LogP contribution is -2.40. The molecular weight excluding hydrogens is 184 g/mol. The van der Waals surface area contributed by atoms with Crippen LogP contribution in [0.2, 0.25) is 0 Å². The van der Waals surface area contributed by atoms with Crippen molar-refractivity contribution < 1.29 is 14.7 Å². The maximum Gasteiger partial charge on any atom is 0.317 e. The van der Waals surface area contributed by atoms with Gasteiger partial charge in [-0.3, -0.25) is 4.79 Å². The zero-order chi connectivity index (χ0) is 10.1. The molecule has 1 heterocycles. The van der Waals surface area contributed by atoms with Crippen molar-refractivity contribution in [3.05, 3.63) is 0 Å². The van der Waals surface area contributed by atoms with Gasteiger partial charge in [-0.2, -0.15) is 0 Å². The summed E-state index contributed by atoms with van der Waals surface area (Å²) in [6, 6.07) is -0.196. The molecule has 1 saturated carbocycles. The van der Waals surface area contributed by atoms with Gasteiger partial charge in [-0.15, -0.1) is 0 Å². The summed E-state index contributed by atoms with van der Waals surface area (Å²) in [5.41, 5.74) is 0. The molecule has 0 aromatic rings. The van der Waals surface area contributed by atoms with E-state index in [-0.39, 0.29) is 18.5 Å². The van der Waals surface area contributed by atoms with Crippen molar-refractivity contribution in [3.8, 4) is 0 Å². The summed E-state index contributed by atoms with van der Waals surface area (Å²) in [5, 5.41) is 11.4. The summed E-state index contributed by atoms with van der Waals surface area (Å²) in [6.45, 7) is 1.29. The highest BCUT2D eigenvalue weighted by molar-refractivity contribution is 5.77. The van der Waals surface area contributed by atoms with Crippen molar-refractivity contribution in [2.45, 2.75) is 25.3 Å². The molecule has 5 nitrogen and oxygen atoms in total. The van der Waals surface area contributed by atoms with E-state index in [0.29, 0.717) is 19.0 Å². The maximum atomic E-state index is 11.4. The van der Waals surface area contributed by atoms with Crippen LogP contribution in [-0.2, 0) is 4.79 Å². The van der Waals surface area contributed by atoms with Gasteiger partial charge < -0.3 is 15.3 Å². The first-order chi connectivity index (χ1) is 6.68. The lowest BCUT2D eigenvalue weighted by atomic mass is 10.1. The van der Waals surface area contributed by atoms with Crippen LogP contribution in [0.1, 0.15) is 19.3 Å². The average molecular weight is 198 g/mol. The van der Waals surface area contributed by atoms with E-state index in [1.807, 2.05) is 0 Å². The minimum atomic E-state index is -0.818. The van der Waals surface area contributed by atoms with Crippen LogP contribution in [0, 0.1) is 5.92 Å². The Morgan fingerprint density at radius 1 is 1.64 bits per heavy atom. The van der Waals surface area contributed by atoms with Gasteiger partial charge in [0.2, 0.25) is 0 Å². The number of carboxylic acids is 1. The minimum absolute atomic E-state index is 0.0814. The van der Waals surface area contributed by atoms with Gasteiger partial charge >= 0.3 is 12.0 Å². The first kappa shape index (κ1) is 9.30. The van der Waals surface area contributed by atoms with Crippen molar-refractivity contribution in [2.75, 3.05) is 13.1 Å². The van der Waals surface area contributed by atoms with E-state index >= 15 is 0 Å². The molecule has 1 atom stereocenters. The molecule has 0 bridgehead atoms. The number of carbonyl (C=O) groups is 2. The Balaban J connectivity index is 2.01. The van der Waals surface area contributed by atoms with Crippen LogP contribution in [0.25, 0.3) is 0 Å². The number of carbonyl (C=O) groups excluding carboxylic acids is 1. The van der Waals surface area contributed by atoms with Crippen LogP contribution >= 0.6 is 0 Å². The number of rotatable bonds is 4. The Bertz CT molecular complexity index is 263. The molecule has 0 aromatic carbocycles. The van der Waals surface area contributed by atoms with E-state index in [1.165, 1.54) is 0 Å². The van der Waals surface area contributed by atoms with E-state index < -0.39 is 5.97 Å². The fraction of sp³-hybridized carbons (Fsp3) is 0.778. The van der Waals surface area contributed by atoms with Crippen LogP contribution in [0.4, 0.5) is 4.79 Å². The van der Waals surface area contributed by atoms with Crippen LogP contribution in [-0.4, -0.2) is 41.1 Å². The van der Waals surface area contributed by atoms with Gasteiger partial charge in [0.15, 0.2) is 0 Å². The molecule has 1 aliphatic carbocycles. The zero-order valence-corrected chi connectivity index (χ0v) is 7.90. The predicted molar refractivity (Wildman–Crippen MR) is 48.9 cm³/mol. The second-order valence-electron chi connectivity index (χ2n) is 3.93. The molecular formula is C9H14N2O3. The van der Waals surface area contributed by atoms with E-state index in [4.69, 9.17) is 5.11 Å². The SMILES string of the molecule is O=C(O)CC(C1CC1)N1CCNC1=O. The van der Waals surface area contributed by atoms with E-state index in [2.05, 4.69) is 5.32 Å². The van der Waals surface area contributed by atoms with Crippen LogP contribution in [0.3, 0.4) is 0 Å². The highest BCUT2D eigenvalue weighted by atomic mass is 16.4. The first-order valence-corrected chi connectivity index (χ1v) is 4.95. The van der Waals surface area contributed by atoms with Crippen LogP contribution in [0.15, 0.2) is 0 Å². The standard InChI is InChI=1S/C9H14N2O3/c12-8(13)5-7(6-1-2-6)11-4-3-10-9(11)14/h6-7H,1-5H2,(H,10,14)(H,12,13). The normalized spacial score (nSPS) is 23.4. The number of aliphatic carboxylic acids is 1. The number of amides is 2. The minimum Gasteiger partial charge on any atom is -0.481 e. The highest BCUT2D eigenvalue weighted by Gasteiger charge is 2.40. The molecule has 2 aliphatic rings. The quantitative estimate of drug-likeness (QED) is 0.681. The summed E-state index contributed by atoms with van der Waals surface area (Å²) in [5.74, 6) is -0.406. The Kier molecular flexibility index (Phi) is 2.31. The second-order valence-corrected chi connectivity index (χ2v) is 3.93. The monoisotopic (exact) mass is 198 g/mol. The Morgan fingerprint density at radius 3 is 2.79 bits per heavy atom. The topological polar surface area (TPSA) is 69.6 Å². The number of hydrogen-bond donors (Lipinski definition) is 2. The van der Waals surface area contributed by atoms with Gasteiger partial charge in [-0.1, -0.05) is 0 Å². The first-order valence-electron chi connectivity index (χ1n) is 4.95. The summed E-state index contributed by atoms with van der Waals surface area (Å²) in [6.07, 6.45) is 2.20. The maximum absolute atomic E-state index is 11.4. The number of nitrogens with one attached hydrogen (secondary N) is 1. The Morgan fingerprint density at radius 2 is 2.36 bits per heavy atom. The third-order valence-corrected chi connectivity index (χ3v) is 2.84. The molecule has 2 N–H and O–H groups in total. The predicted octanol–water partition coefficient (Wildman–Crippen LogP) is 0.265. The fourth-order valence-electron chi connectivity index (χ4n) is 1.99. The molecule has 1 saturated heterocycles. The molecule has 1 aliphatic heterocycles. The number of urea groups is 1. The van der Waals surface area contributed by atoms with Gasteiger partial charge in [0.25, 0.3) is 0 Å². The fourth-order valence-corrected chi connectivity index (χ4v) is 1.99. The lowest BCUT2D eigenvalue weighted by molar-refractivity contribution is -0.138. The van der Waals surface area contributed by atoms with Crippen LogP contribution < -0.4 is 5.32 Å². The van der Waals surface area contributed by atoms with Gasteiger partial charge in [-0.25, -0.2) is 4.79 Å². The smallest absolute Gasteiger partial charge is 0.317 e. The Hall–Kier alpha value is -1.26. The van der Waals surface area contributed by atoms with Crippen molar-refractivity contribution in [1.29, 1.82) is 0 Å². The molecule has 1 unspecified atom stereocenters. The zero-order valence-electron chi connectivity index (χ0n) is 7.90. The number of nitrogens with zero attached hydrogens (tertiary/aromatic N) is 1. The van der Waals surface area contributed by atoms with E-state index in [1.54, 1.807) is 4.90 Å². The van der Waals surface area contributed by atoms with E-state index in [9.17, 15) is 9.59 Å². The molecule has 78 valence electrons. The molecule has 2 fully saturated rings. The second kappa shape index (κ2) is 3.48. The summed E-state index contributed by atoms with van der Waals surface area (Å²) < 4.78 is 0. The third kappa shape index (κ3) is 1.81. The van der Waals surface area contributed by atoms with Crippen molar-refractivity contribution in [3.63, 3.8) is 0 Å². The average Bonchev–Trinajstić information content (AvgIpc) is 2.86. The molecule has 5 heteroatoms.